The average Bonchev–Trinajstić information content (AvgIpc) is 0.811. The van der Waals surface area contributed by atoms with Crippen molar-refractivity contribution in [3.05, 3.63) is 0 Å². The molecule has 0 aromatic heterocycles. The van der Waals surface area contributed by atoms with Crippen LogP contribution in [0.3, 0.4) is 0 Å². The van der Waals surface area contributed by atoms with Crippen LogP contribution >= 0.6 is 7.02 Å². The van der Waals surface area contributed by atoms with Crippen molar-refractivity contribution in [2.24, 2.45) is 0 Å². The van der Waals surface area contributed by atoms with E-state index < -0.39 is 0 Å². The van der Waals surface area contributed by atoms with Gasteiger partial charge in [0.2, 0.25) is 0 Å². The molecule has 0 amide bonds. The van der Waals surface area contributed by atoms with Gasteiger partial charge in [0, 0.05) is 0 Å². The highest BCUT2D eigenvalue weighted by Crippen LogP contribution is 2.10. The third-order valence-corrected chi connectivity index (χ3v) is 0. The molecule has 0 heterocycles. The lowest BCUT2D eigenvalue weighted by Crippen LogP contribution is -1.56. The smallest absolute Gasteiger partial charge is 0.0586 e. The van der Waals surface area contributed by atoms with Crippen LogP contribution in [-0.4, -0.2) is 26.5 Å². The van der Waals surface area contributed by atoms with Crippen molar-refractivity contribution in [3.8, 4) is 0 Å². The van der Waals surface area contributed by atoms with Gasteiger partial charge in [0.05, 0.1) is 19.8 Å². The standard InChI is InChI=1S/CH3PSi2/c1-2(3)4/h1H3. The third-order valence-electron chi connectivity index (χ3n) is 0. The highest BCUT2D eigenvalue weighted by Gasteiger charge is 1.67. The maximum absolute atomic E-state index is 3.29. The second-order valence-corrected chi connectivity index (χ2v) is 7.04. The highest BCUT2D eigenvalue weighted by atomic mass is 31.6. The molecule has 0 aliphatic heterocycles. The van der Waals surface area contributed by atoms with Crippen LogP contribution in [0.4, 0.5) is 0 Å². The SMILES string of the molecule is CP([Si])[Si]. The second kappa shape index (κ2) is 2.12. The Labute approximate surface area is 34.3 Å². The first-order valence-corrected chi connectivity index (χ1v) is 5.37. The molecule has 3 heteroatoms. The fourth-order valence-electron chi connectivity index (χ4n) is 0. The van der Waals surface area contributed by atoms with Crippen molar-refractivity contribution < 1.29 is 0 Å². The zero-order valence-corrected chi connectivity index (χ0v) is 5.34. The van der Waals surface area contributed by atoms with Gasteiger partial charge in [-0.3, -0.25) is 0 Å². The molecule has 20 valence electrons. The zero-order valence-electron chi connectivity index (χ0n) is 2.45. The summed E-state index contributed by atoms with van der Waals surface area (Å²) in [6, 6.07) is 0. The van der Waals surface area contributed by atoms with Crippen molar-refractivity contribution in [2.75, 3.05) is 6.66 Å². The van der Waals surface area contributed by atoms with Crippen molar-refractivity contribution in [1.29, 1.82) is 0 Å². The molecule has 6 radical (unpaired) electrons. The van der Waals surface area contributed by atoms with E-state index in [-0.39, 0.29) is 7.02 Å². The topological polar surface area (TPSA) is 0 Å². The fourth-order valence-corrected chi connectivity index (χ4v) is 0. The van der Waals surface area contributed by atoms with Crippen LogP contribution in [0.5, 0.6) is 0 Å². The molecule has 0 spiro atoms. The molecule has 0 nitrogen and oxygen atoms in total. The molecule has 0 aliphatic carbocycles. The predicted molar refractivity (Wildman–Crippen MR) is 24.4 cm³/mol. The van der Waals surface area contributed by atoms with Gasteiger partial charge in [-0.1, -0.05) is 6.66 Å². The van der Waals surface area contributed by atoms with Gasteiger partial charge in [-0.25, -0.2) is 0 Å². The van der Waals surface area contributed by atoms with Crippen LogP contribution in [0.1, 0.15) is 0 Å². The largest absolute Gasteiger partial charge is 0.146 e. The van der Waals surface area contributed by atoms with E-state index in [9.17, 15) is 0 Å². The first kappa shape index (κ1) is 4.86. The Bertz CT molecular complexity index is 10.8. The first-order chi connectivity index (χ1) is 1.73. The van der Waals surface area contributed by atoms with Crippen LogP contribution in [0, 0.1) is 0 Å². The summed E-state index contributed by atoms with van der Waals surface area (Å²) in [5.41, 5.74) is 0. The molecule has 0 aromatic carbocycles. The quantitative estimate of drug-likeness (QED) is 0.304. The van der Waals surface area contributed by atoms with Crippen molar-refractivity contribution in [3.63, 3.8) is 0 Å². The second-order valence-electron chi connectivity index (χ2n) is 0.559. The number of hydrogen-bond acceptors (Lipinski definition) is 0. The Kier molecular flexibility index (Phi) is 2.58. The average molecular weight is 102 g/mol. The third kappa shape index (κ3) is 13.3. The van der Waals surface area contributed by atoms with Gasteiger partial charge in [-0.2, -0.15) is 0 Å². The van der Waals surface area contributed by atoms with E-state index in [2.05, 4.69) is 26.5 Å². The van der Waals surface area contributed by atoms with Gasteiger partial charge in [-0.15, -0.1) is 7.02 Å². The summed E-state index contributed by atoms with van der Waals surface area (Å²) < 4.78 is 0. The number of rotatable bonds is 0. The Morgan fingerprint density at radius 2 is 1.50 bits per heavy atom. The zero-order chi connectivity index (χ0) is 3.58. The molecule has 0 unspecified atom stereocenters. The lowest BCUT2D eigenvalue weighted by atomic mass is 12.0. The normalized spacial score (nSPS) is 9.00. The highest BCUT2D eigenvalue weighted by molar-refractivity contribution is 8.00. The maximum atomic E-state index is 3.29. The Morgan fingerprint density at radius 3 is 1.50 bits per heavy atom. The van der Waals surface area contributed by atoms with Gasteiger partial charge in [-0.05, 0) is 0 Å². The predicted octanol–water partition coefficient (Wildman–Crippen LogP) is 0.265. The summed E-state index contributed by atoms with van der Waals surface area (Å²) in [7, 11) is 6.57. The molecule has 0 N–H and O–H groups in total. The molecule has 0 bridgehead atoms. The summed E-state index contributed by atoms with van der Waals surface area (Å²) >= 11 is 0. The van der Waals surface area contributed by atoms with Gasteiger partial charge >= 0.3 is 0 Å². The molecule has 0 saturated heterocycles. The van der Waals surface area contributed by atoms with Crippen LogP contribution in [0.15, 0.2) is 0 Å². The lowest BCUT2D eigenvalue weighted by molar-refractivity contribution is 2.49. The molecule has 0 saturated carbocycles. The summed E-state index contributed by atoms with van der Waals surface area (Å²) in [6.45, 7) is 2.06. The molecular weight excluding hydrogens is 99.2 g/mol. The monoisotopic (exact) mass is 102 g/mol. The van der Waals surface area contributed by atoms with Crippen molar-refractivity contribution in [1.82, 2.24) is 0 Å². The minimum atomic E-state index is -0.00926. The minimum Gasteiger partial charge on any atom is -0.146 e. The lowest BCUT2D eigenvalue weighted by Gasteiger charge is -1.80. The van der Waals surface area contributed by atoms with Gasteiger partial charge in [0.15, 0.2) is 0 Å². The van der Waals surface area contributed by atoms with Crippen LogP contribution in [0.2, 0.25) is 0 Å². The Morgan fingerprint density at radius 1 is 1.50 bits per heavy atom. The van der Waals surface area contributed by atoms with Crippen molar-refractivity contribution in [2.45, 2.75) is 0 Å². The molecule has 0 fully saturated rings. The summed E-state index contributed by atoms with van der Waals surface area (Å²) in [5.74, 6) is 0. The fraction of sp³-hybridized carbons (Fsp3) is 1.00. The molecule has 0 rings (SSSR count). The van der Waals surface area contributed by atoms with Crippen LogP contribution in [-0.2, 0) is 0 Å². The maximum Gasteiger partial charge on any atom is 0.0586 e. The van der Waals surface area contributed by atoms with E-state index in [1.165, 1.54) is 0 Å². The molecular formula is CH3PSi2. The van der Waals surface area contributed by atoms with E-state index in [0.717, 1.165) is 0 Å². The van der Waals surface area contributed by atoms with E-state index in [1.54, 1.807) is 0 Å². The van der Waals surface area contributed by atoms with Crippen molar-refractivity contribution >= 4 is 26.8 Å². The summed E-state index contributed by atoms with van der Waals surface area (Å²) in [5, 5.41) is 0. The summed E-state index contributed by atoms with van der Waals surface area (Å²) in [4.78, 5) is 0. The van der Waals surface area contributed by atoms with E-state index in [4.69, 9.17) is 0 Å². The van der Waals surface area contributed by atoms with Crippen LogP contribution in [0.25, 0.3) is 0 Å². The Hall–Kier alpha value is 0.864. The molecule has 0 aliphatic rings. The van der Waals surface area contributed by atoms with Gasteiger partial charge in [0.1, 0.15) is 0 Å². The molecule has 4 heavy (non-hydrogen) atoms. The Balaban J connectivity index is 2.32. The molecule has 0 aromatic rings. The van der Waals surface area contributed by atoms with E-state index in [0.29, 0.717) is 0 Å². The van der Waals surface area contributed by atoms with Crippen LogP contribution < -0.4 is 0 Å². The van der Waals surface area contributed by atoms with E-state index >= 15 is 0 Å². The minimum absolute atomic E-state index is 0.00926. The molecule has 0 atom stereocenters. The van der Waals surface area contributed by atoms with E-state index in [1.807, 2.05) is 0 Å². The van der Waals surface area contributed by atoms with Gasteiger partial charge < -0.3 is 0 Å². The summed E-state index contributed by atoms with van der Waals surface area (Å²) in [6.07, 6.45) is 0. The number of hydrogen-bond donors (Lipinski definition) is 0. The van der Waals surface area contributed by atoms with Gasteiger partial charge in [0.25, 0.3) is 0 Å². The first-order valence-electron chi connectivity index (χ1n) is 0.894.